The van der Waals surface area contributed by atoms with Gasteiger partial charge in [0.05, 0.1) is 12.7 Å². The van der Waals surface area contributed by atoms with Crippen molar-refractivity contribution in [2.45, 2.75) is 77.2 Å². The quantitative estimate of drug-likeness (QED) is 0.544. The Balaban J connectivity index is 0.00000151. The number of halogens is 1. The Kier molecular flexibility index (Phi) is 9.38. The van der Waals surface area contributed by atoms with Gasteiger partial charge in [-0.2, -0.15) is 0 Å². The van der Waals surface area contributed by atoms with Crippen molar-refractivity contribution in [1.29, 1.82) is 0 Å². The van der Waals surface area contributed by atoms with Crippen LogP contribution in [0.2, 0.25) is 0 Å². The smallest absolute Gasteiger partial charge is 0.162 e. The van der Waals surface area contributed by atoms with E-state index in [2.05, 4.69) is 0 Å². The highest BCUT2D eigenvalue weighted by atomic mass is 32.2. The molecule has 1 aromatic rings. The summed E-state index contributed by atoms with van der Waals surface area (Å²) in [6, 6.07) is 7.85. The van der Waals surface area contributed by atoms with Crippen molar-refractivity contribution < 1.29 is 23.2 Å². The molecule has 0 aliphatic carbocycles. The Labute approximate surface area is 155 Å². The molecule has 3 unspecified atom stereocenters. The molecule has 4 atom stereocenters. The van der Waals surface area contributed by atoms with Crippen molar-refractivity contribution in [3.63, 3.8) is 0 Å². The molecule has 4 nitrogen and oxygen atoms in total. The van der Waals surface area contributed by atoms with Gasteiger partial charge in [-0.3, -0.25) is 0 Å². The molecule has 1 fully saturated rings. The summed E-state index contributed by atoms with van der Waals surface area (Å²) in [6.45, 7) is 10.9. The van der Waals surface area contributed by atoms with Crippen LogP contribution in [-0.4, -0.2) is 36.1 Å². The van der Waals surface area contributed by atoms with Crippen LogP contribution in [0.25, 0.3) is 0 Å². The van der Waals surface area contributed by atoms with Gasteiger partial charge in [0.15, 0.2) is 18.2 Å². The first-order chi connectivity index (χ1) is 11.7. The van der Waals surface area contributed by atoms with Crippen LogP contribution in [0.4, 0.5) is 4.39 Å². The maximum atomic E-state index is 14.4. The molecule has 6 heteroatoms. The summed E-state index contributed by atoms with van der Waals surface area (Å²) in [5, 5.41) is 9.65. The molecule has 0 spiro atoms. The predicted molar refractivity (Wildman–Crippen MR) is 99.1 cm³/mol. The van der Waals surface area contributed by atoms with Crippen molar-refractivity contribution >= 4 is 12.0 Å². The van der Waals surface area contributed by atoms with E-state index < -0.39 is 24.4 Å². The minimum Gasteiger partial charge on any atom is -0.366 e. The van der Waals surface area contributed by atoms with Gasteiger partial charge in [0.25, 0.3) is 0 Å². The second-order valence-corrected chi connectivity index (χ2v) is 7.38. The standard InChI is InChI=1S/C17H25FO4S.C2H6/c1-11-5-7-13(8-6-11)23-20-10-14(18)16-12(2)9-15(21-16)22-17(3,4)19;1-2/h5-8,12,14-16,19H,9-10H2,1-4H3;1-2H3/t12?,14?,15-,16?;/m1./s1. The van der Waals surface area contributed by atoms with Crippen LogP contribution < -0.4 is 0 Å². The third kappa shape index (κ3) is 8.05. The Morgan fingerprint density at radius 3 is 2.48 bits per heavy atom. The number of ether oxygens (including phenoxy) is 2. The number of hydrogen-bond acceptors (Lipinski definition) is 5. The van der Waals surface area contributed by atoms with Gasteiger partial charge in [0.2, 0.25) is 0 Å². The van der Waals surface area contributed by atoms with E-state index in [1.165, 1.54) is 19.4 Å². The topological polar surface area (TPSA) is 47.9 Å². The fourth-order valence-electron chi connectivity index (χ4n) is 2.50. The summed E-state index contributed by atoms with van der Waals surface area (Å²) >= 11 is 1.16. The molecule has 0 saturated carbocycles. The fourth-order valence-corrected chi connectivity index (χ4v) is 3.08. The first kappa shape index (κ1) is 22.4. The summed E-state index contributed by atoms with van der Waals surface area (Å²) in [4.78, 5) is 0.937. The Morgan fingerprint density at radius 2 is 1.92 bits per heavy atom. The highest BCUT2D eigenvalue weighted by Gasteiger charge is 2.40. The lowest BCUT2D eigenvalue weighted by Crippen LogP contribution is -2.33. The van der Waals surface area contributed by atoms with Crippen LogP contribution in [0.3, 0.4) is 0 Å². The van der Waals surface area contributed by atoms with Gasteiger partial charge in [0.1, 0.15) is 0 Å². The largest absolute Gasteiger partial charge is 0.366 e. The van der Waals surface area contributed by atoms with Crippen molar-refractivity contribution in [1.82, 2.24) is 0 Å². The van der Waals surface area contributed by atoms with Gasteiger partial charge in [0, 0.05) is 23.4 Å². The molecular weight excluding hydrogens is 343 g/mol. The van der Waals surface area contributed by atoms with Gasteiger partial charge in [-0.1, -0.05) is 38.5 Å². The summed E-state index contributed by atoms with van der Waals surface area (Å²) in [7, 11) is 0. The van der Waals surface area contributed by atoms with Gasteiger partial charge in [-0.05, 0) is 38.8 Å². The van der Waals surface area contributed by atoms with Crippen LogP contribution in [0.5, 0.6) is 0 Å². The number of aliphatic hydroxyl groups is 1. The highest BCUT2D eigenvalue weighted by Crippen LogP contribution is 2.32. The molecule has 1 heterocycles. The monoisotopic (exact) mass is 374 g/mol. The molecule has 25 heavy (non-hydrogen) atoms. The fraction of sp³-hybridized carbons (Fsp3) is 0.684. The van der Waals surface area contributed by atoms with Crippen molar-refractivity contribution in [3.05, 3.63) is 29.8 Å². The summed E-state index contributed by atoms with van der Waals surface area (Å²) in [6.07, 6.45) is -1.85. The predicted octanol–water partition coefficient (Wildman–Crippen LogP) is 4.88. The molecule has 1 aliphatic rings. The van der Waals surface area contributed by atoms with Crippen LogP contribution in [0.15, 0.2) is 29.2 Å². The third-order valence-electron chi connectivity index (χ3n) is 3.61. The zero-order chi connectivity index (χ0) is 19.0. The van der Waals surface area contributed by atoms with Crippen LogP contribution in [-0.2, 0) is 13.7 Å². The normalized spacial score (nSPS) is 24.6. The van der Waals surface area contributed by atoms with Crippen LogP contribution in [0.1, 0.15) is 46.6 Å². The van der Waals surface area contributed by atoms with Crippen molar-refractivity contribution in [2.75, 3.05) is 6.61 Å². The first-order valence-electron chi connectivity index (χ1n) is 8.80. The van der Waals surface area contributed by atoms with E-state index in [1.807, 2.05) is 52.0 Å². The van der Waals surface area contributed by atoms with Gasteiger partial charge in [-0.25, -0.2) is 4.39 Å². The lowest BCUT2D eigenvalue weighted by molar-refractivity contribution is -0.271. The molecule has 1 N–H and O–H groups in total. The van der Waals surface area contributed by atoms with E-state index in [0.717, 1.165) is 16.9 Å². The van der Waals surface area contributed by atoms with Gasteiger partial charge >= 0.3 is 0 Å². The van der Waals surface area contributed by atoms with Crippen LogP contribution >= 0.6 is 12.0 Å². The number of benzene rings is 1. The highest BCUT2D eigenvalue weighted by molar-refractivity contribution is 7.94. The second-order valence-electron chi connectivity index (χ2n) is 6.50. The van der Waals surface area contributed by atoms with E-state index in [-0.39, 0.29) is 12.5 Å². The maximum Gasteiger partial charge on any atom is 0.162 e. The number of rotatable bonds is 7. The molecule has 0 amide bonds. The summed E-state index contributed by atoms with van der Waals surface area (Å²) < 4.78 is 30.7. The van der Waals surface area contributed by atoms with Gasteiger partial charge in [-0.15, -0.1) is 0 Å². The minimum absolute atomic E-state index is 0.00493. The summed E-state index contributed by atoms with van der Waals surface area (Å²) in [5.41, 5.74) is 1.17. The molecule has 0 aromatic heterocycles. The minimum atomic E-state index is -1.29. The number of hydrogen-bond donors (Lipinski definition) is 1. The van der Waals surface area contributed by atoms with E-state index in [0.29, 0.717) is 6.42 Å². The SMILES string of the molecule is CC.Cc1ccc(SOCC(F)C2O[C@H](OC(C)(C)O)CC2C)cc1. The number of alkyl halides is 1. The maximum absolute atomic E-state index is 14.4. The zero-order valence-corrected chi connectivity index (χ0v) is 16.8. The number of aryl methyl sites for hydroxylation is 1. The molecule has 1 aliphatic heterocycles. The van der Waals surface area contributed by atoms with E-state index >= 15 is 0 Å². The Bertz CT molecular complexity index is 489. The van der Waals surface area contributed by atoms with Crippen molar-refractivity contribution in [3.8, 4) is 0 Å². The average molecular weight is 375 g/mol. The molecule has 0 bridgehead atoms. The lowest BCUT2D eigenvalue weighted by Gasteiger charge is -2.24. The zero-order valence-electron chi connectivity index (χ0n) is 16.0. The molecule has 1 aromatic carbocycles. The Morgan fingerprint density at radius 1 is 1.32 bits per heavy atom. The van der Waals surface area contributed by atoms with E-state index in [9.17, 15) is 9.50 Å². The Hall–Kier alpha value is -0.660. The molecular formula is C19H31FO4S. The van der Waals surface area contributed by atoms with E-state index in [1.54, 1.807) is 0 Å². The molecule has 2 rings (SSSR count). The lowest BCUT2D eigenvalue weighted by atomic mass is 10.0. The van der Waals surface area contributed by atoms with Crippen molar-refractivity contribution in [2.24, 2.45) is 5.92 Å². The molecule has 0 radical (unpaired) electrons. The van der Waals surface area contributed by atoms with E-state index in [4.69, 9.17) is 13.7 Å². The first-order valence-corrected chi connectivity index (χ1v) is 9.54. The summed E-state index contributed by atoms with van der Waals surface area (Å²) in [5.74, 6) is -1.28. The molecule has 1 saturated heterocycles. The third-order valence-corrected chi connectivity index (χ3v) is 4.33. The van der Waals surface area contributed by atoms with Crippen LogP contribution in [0, 0.1) is 12.8 Å². The van der Waals surface area contributed by atoms with Gasteiger partial charge < -0.3 is 18.8 Å². The second kappa shape index (κ2) is 10.5. The molecule has 144 valence electrons. The average Bonchev–Trinajstić information content (AvgIpc) is 2.89.